The van der Waals surface area contributed by atoms with Crippen molar-refractivity contribution in [1.82, 2.24) is 9.99 Å². The molecule has 1 amide bonds. The van der Waals surface area contributed by atoms with Crippen LogP contribution in [0.5, 0.6) is 0 Å². The Morgan fingerprint density at radius 3 is 2.48 bits per heavy atom. The molecule has 1 heterocycles. The highest BCUT2D eigenvalue weighted by atomic mass is 32.1. The molecule has 1 aromatic carbocycles. The Balaban J connectivity index is 2.16. The second kappa shape index (κ2) is 6.01. The zero-order chi connectivity index (χ0) is 15.6. The maximum atomic E-state index is 12.8. The molecule has 21 heavy (non-hydrogen) atoms. The van der Waals surface area contributed by atoms with Gasteiger partial charge in [-0.25, -0.2) is 9.82 Å². The van der Waals surface area contributed by atoms with Crippen molar-refractivity contribution in [3.8, 4) is 0 Å². The predicted molar refractivity (Wildman–Crippen MR) is 80.4 cm³/mol. The van der Waals surface area contributed by atoms with Gasteiger partial charge >= 0.3 is 4.87 Å². The van der Waals surface area contributed by atoms with Crippen LogP contribution >= 0.6 is 11.3 Å². The van der Waals surface area contributed by atoms with E-state index in [1.807, 2.05) is 0 Å². The highest BCUT2D eigenvalue weighted by Gasteiger charge is 2.15. The van der Waals surface area contributed by atoms with Crippen molar-refractivity contribution in [3.63, 3.8) is 0 Å². The molecule has 0 fully saturated rings. The number of nitrogens with one attached hydrogen (secondary N) is 1. The van der Waals surface area contributed by atoms with Crippen molar-refractivity contribution in [3.05, 3.63) is 55.9 Å². The maximum absolute atomic E-state index is 12.8. The largest absolute Gasteiger partial charge is 0.307 e. The molecule has 2 aromatic rings. The number of aromatic nitrogens is 1. The fourth-order valence-corrected chi connectivity index (χ4v) is 2.54. The quantitative estimate of drug-likeness (QED) is 0.697. The summed E-state index contributed by atoms with van der Waals surface area (Å²) in [7, 11) is 1.61. The number of hydrogen-bond acceptors (Lipinski definition) is 4. The van der Waals surface area contributed by atoms with Gasteiger partial charge in [-0.3, -0.25) is 9.59 Å². The van der Waals surface area contributed by atoms with Gasteiger partial charge in [0.15, 0.2) is 0 Å². The monoisotopic (exact) mass is 307 g/mol. The summed E-state index contributed by atoms with van der Waals surface area (Å²) in [6.45, 7) is 3.40. The second-order valence-electron chi connectivity index (χ2n) is 4.49. The van der Waals surface area contributed by atoms with E-state index in [2.05, 4.69) is 10.5 Å². The lowest BCUT2D eigenvalue weighted by Gasteiger charge is -2.02. The molecule has 0 aliphatic heterocycles. The lowest BCUT2D eigenvalue weighted by Crippen LogP contribution is -2.19. The molecule has 7 heteroatoms. The van der Waals surface area contributed by atoms with Gasteiger partial charge in [0.25, 0.3) is 5.91 Å². The molecule has 0 spiro atoms. The highest BCUT2D eigenvalue weighted by molar-refractivity contribution is 7.11. The summed E-state index contributed by atoms with van der Waals surface area (Å²) in [6.07, 6.45) is 0. The number of hydrazone groups is 1. The third-order valence-electron chi connectivity index (χ3n) is 3.09. The third kappa shape index (κ3) is 3.25. The van der Waals surface area contributed by atoms with E-state index in [-0.39, 0.29) is 10.7 Å². The van der Waals surface area contributed by atoms with Gasteiger partial charge in [0.05, 0.1) is 5.71 Å². The summed E-state index contributed by atoms with van der Waals surface area (Å²) >= 11 is 0.875. The summed E-state index contributed by atoms with van der Waals surface area (Å²) in [5.74, 6) is -0.767. The van der Waals surface area contributed by atoms with Gasteiger partial charge < -0.3 is 4.57 Å². The first-order valence-corrected chi connectivity index (χ1v) is 6.98. The van der Waals surface area contributed by atoms with Gasteiger partial charge in [0.2, 0.25) is 0 Å². The molecule has 0 bridgehead atoms. The molecular formula is C14H14FN3O2S. The summed E-state index contributed by atoms with van der Waals surface area (Å²) in [4.78, 5) is 23.6. The standard InChI is InChI=1S/C14H14FN3O2S/c1-8(10-4-6-11(15)7-5-10)16-17-13(19)12-9(2)18(3)14(20)21-12/h4-7H,1-3H3,(H,17,19)/b16-8+. The smallest absolute Gasteiger partial charge is 0.306 e. The number of carbonyl (C=O) groups is 1. The van der Waals surface area contributed by atoms with Crippen molar-refractivity contribution < 1.29 is 9.18 Å². The van der Waals surface area contributed by atoms with Crippen LogP contribution in [0.1, 0.15) is 27.9 Å². The van der Waals surface area contributed by atoms with E-state index in [1.54, 1.807) is 33.0 Å². The zero-order valence-corrected chi connectivity index (χ0v) is 12.6. The van der Waals surface area contributed by atoms with Crippen LogP contribution in [0.2, 0.25) is 0 Å². The van der Waals surface area contributed by atoms with Crippen molar-refractivity contribution in [2.45, 2.75) is 13.8 Å². The van der Waals surface area contributed by atoms with E-state index < -0.39 is 5.91 Å². The summed E-state index contributed by atoms with van der Waals surface area (Å²) in [5.41, 5.74) is 4.25. The molecule has 1 aromatic heterocycles. The predicted octanol–water partition coefficient (Wildman–Crippen LogP) is 2.05. The molecule has 5 nitrogen and oxygen atoms in total. The number of rotatable bonds is 3. The molecule has 0 saturated carbocycles. The Kier molecular flexibility index (Phi) is 4.32. The molecular weight excluding hydrogens is 293 g/mol. The Labute approximate surface area is 124 Å². The van der Waals surface area contributed by atoms with Crippen molar-refractivity contribution in [2.75, 3.05) is 0 Å². The molecule has 2 rings (SSSR count). The number of carbonyl (C=O) groups excluding carboxylic acids is 1. The summed E-state index contributed by atoms with van der Waals surface area (Å²) in [6, 6.07) is 5.80. The number of thiazole rings is 1. The minimum atomic E-state index is -0.434. The fraction of sp³-hybridized carbons (Fsp3) is 0.214. The SMILES string of the molecule is C/C(=N\NC(=O)c1sc(=O)n(C)c1C)c1ccc(F)cc1. The Morgan fingerprint density at radius 1 is 1.33 bits per heavy atom. The third-order valence-corrected chi connectivity index (χ3v) is 4.22. The highest BCUT2D eigenvalue weighted by Crippen LogP contribution is 2.10. The fourth-order valence-electron chi connectivity index (χ4n) is 1.67. The van der Waals surface area contributed by atoms with Gasteiger partial charge in [-0.1, -0.05) is 23.5 Å². The van der Waals surface area contributed by atoms with E-state index in [4.69, 9.17) is 0 Å². The topological polar surface area (TPSA) is 63.5 Å². The van der Waals surface area contributed by atoms with Crippen LogP contribution in [0, 0.1) is 12.7 Å². The Hall–Kier alpha value is -2.28. The van der Waals surface area contributed by atoms with Crippen LogP contribution < -0.4 is 10.3 Å². The number of nitrogens with zero attached hydrogens (tertiary/aromatic N) is 2. The number of amides is 1. The Bertz CT molecular complexity index is 760. The van der Waals surface area contributed by atoms with Crippen molar-refractivity contribution in [1.29, 1.82) is 0 Å². The van der Waals surface area contributed by atoms with Gasteiger partial charge in [0, 0.05) is 12.7 Å². The summed E-state index contributed by atoms with van der Waals surface area (Å²) < 4.78 is 14.2. The van der Waals surface area contributed by atoms with Crippen LogP contribution in [0.3, 0.4) is 0 Å². The van der Waals surface area contributed by atoms with Gasteiger partial charge in [-0.15, -0.1) is 0 Å². The minimum absolute atomic E-state index is 0.197. The molecule has 1 N–H and O–H groups in total. The van der Waals surface area contributed by atoms with E-state index in [0.717, 1.165) is 11.3 Å². The van der Waals surface area contributed by atoms with Crippen molar-refractivity contribution in [2.24, 2.45) is 12.1 Å². The second-order valence-corrected chi connectivity index (χ2v) is 5.45. The van der Waals surface area contributed by atoms with E-state index >= 15 is 0 Å². The molecule has 110 valence electrons. The lowest BCUT2D eigenvalue weighted by molar-refractivity contribution is 0.0958. The molecule has 0 radical (unpaired) electrons. The molecule has 0 unspecified atom stereocenters. The normalized spacial score (nSPS) is 11.5. The Morgan fingerprint density at radius 2 is 1.95 bits per heavy atom. The maximum Gasteiger partial charge on any atom is 0.307 e. The summed E-state index contributed by atoms with van der Waals surface area (Å²) in [5, 5.41) is 3.97. The number of hydrogen-bond donors (Lipinski definition) is 1. The number of benzene rings is 1. The molecule has 0 saturated heterocycles. The van der Waals surface area contributed by atoms with E-state index in [9.17, 15) is 14.0 Å². The van der Waals surface area contributed by atoms with Crippen LogP contribution in [0.15, 0.2) is 34.2 Å². The molecule has 0 aliphatic rings. The van der Waals surface area contributed by atoms with Gasteiger partial charge in [-0.2, -0.15) is 5.10 Å². The number of halogens is 1. The molecule has 0 atom stereocenters. The van der Waals surface area contributed by atoms with Crippen LogP contribution in [0.4, 0.5) is 4.39 Å². The van der Waals surface area contributed by atoms with E-state index in [1.165, 1.54) is 16.7 Å². The van der Waals surface area contributed by atoms with Gasteiger partial charge in [0.1, 0.15) is 10.7 Å². The first kappa shape index (κ1) is 15.1. The minimum Gasteiger partial charge on any atom is -0.306 e. The first-order chi connectivity index (χ1) is 9.90. The van der Waals surface area contributed by atoms with Crippen molar-refractivity contribution >= 4 is 23.0 Å². The average Bonchev–Trinajstić information content (AvgIpc) is 2.73. The van der Waals surface area contributed by atoms with Gasteiger partial charge in [-0.05, 0) is 31.5 Å². The van der Waals surface area contributed by atoms with Crippen LogP contribution in [-0.2, 0) is 7.05 Å². The lowest BCUT2D eigenvalue weighted by atomic mass is 10.1. The van der Waals surface area contributed by atoms with Crippen LogP contribution in [-0.4, -0.2) is 16.2 Å². The van der Waals surface area contributed by atoms with E-state index in [0.29, 0.717) is 21.8 Å². The van der Waals surface area contributed by atoms with Crippen LogP contribution in [0.25, 0.3) is 0 Å². The average molecular weight is 307 g/mol. The first-order valence-electron chi connectivity index (χ1n) is 6.17. The zero-order valence-electron chi connectivity index (χ0n) is 11.8. The molecule has 0 aliphatic carbocycles.